The monoisotopic (exact) mass is 388 g/mol. The third-order valence-corrected chi connectivity index (χ3v) is 4.56. The molecule has 28 heavy (non-hydrogen) atoms. The van der Waals surface area contributed by atoms with E-state index in [0.29, 0.717) is 37.8 Å². The molecule has 0 atom stereocenters. The van der Waals surface area contributed by atoms with Gasteiger partial charge in [-0.05, 0) is 12.1 Å². The molecule has 1 aliphatic rings. The summed E-state index contributed by atoms with van der Waals surface area (Å²) in [5, 5.41) is 0. The van der Waals surface area contributed by atoms with Gasteiger partial charge in [0.2, 0.25) is 0 Å². The van der Waals surface area contributed by atoms with E-state index in [1.165, 1.54) is 11.2 Å². The third kappa shape index (κ3) is 3.28. The Morgan fingerprint density at radius 3 is 2.43 bits per heavy atom. The Balaban J connectivity index is 1.46. The number of rotatable bonds is 3. The average molecular weight is 388 g/mol. The minimum atomic E-state index is -1.64. The molecule has 7 nitrogen and oxygen atoms in total. The molecule has 0 spiro atoms. The van der Waals surface area contributed by atoms with E-state index >= 15 is 0 Å². The summed E-state index contributed by atoms with van der Waals surface area (Å²) in [7, 11) is 0. The quantitative estimate of drug-likeness (QED) is 0.643. The molecule has 0 bridgehead atoms. The van der Waals surface area contributed by atoms with Crippen molar-refractivity contribution >= 4 is 11.7 Å². The first-order valence-corrected chi connectivity index (χ1v) is 8.52. The molecule has 0 N–H and O–H groups in total. The van der Waals surface area contributed by atoms with E-state index in [1.54, 1.807) is 29.4 Å². The van der Waals surface area contributed by atoms with Crippen molar-refractivity contribution in [3.63, 3.8) is 0 Å². The highest BCUT2D eigenvalue weighted by Gasteiger charge is 2.27. The summed E-state index contributed by atoms with van der Waals surface area (Å²) >= 11 is 0. The fourth-order valence-corrected chi connectivity index (χ4v) is 3.05. The van der Waals surface area contributed by atoms with Crippen molar-refractivity contribution in [3.05, 3.63) is 66.3 Å². The van der Waals surface area contributed by atoms with E-state index in [0.717, 1.165) is 12.1 Å². The van der Waals surface area contributed by atoms with Gasteiger partial charge in [-0.25, -0.2) is 28.1 Å². The molecule has 0 radical (unpaired) electrons. The second kappa shape index (κ2) is 7.29. The first-order valence-electron chi connectivity index (χ1n) is 8.52. The SMILES string of the molecule is O=C(c1ccc(F)c(F)c1F)N1CCN(c2cc(-n3ccnc3)ncn2)CC1. The van der Waals surface area contributed by atoms with Gasteiger partial charge in [0.15, 0.2) is 17.5 Å². The first-order chi connectivity index (χ1) is 13.5. The lowest BCUT2D eigenvalue weighted by molar-refractivity contribution is 0.0740. The number of carbonyl (C=O) groups is 1. The maximum Gasteiger partial charge on any atom is 0.257 e. The summed E-state index contributed by atoms with van der Waals surface area (Å²) in [6, 6.07) is 3.51. The summed E-state index contributed by atoms with van der Waals surface area (Å²) < 4.78 is 42.1. The highest BCUT2D eigenvalue weighted by atomic mass is 19.2. The van der Waals surface area contributed by atoms with Crippen LogP contribution in [0.1, 0.15) is 10.4 Å². The van der Waals surface area contributed by atoms with Crippen LogP contribution in [0.25, 0.3) is 5.82 Å². The number of amides is 1. The fourth-order valence-electron chi connectivity index (χ4n) is 3.05. The molecule has 1 saturated heterocycles. The van der Waals surface area contributed by atoms with E-state index < -0.39 is 28.9 Å². The Bertz CT molecular complexity index is 1000. The maximum atomic E-state index is 13.9. The summed E-state index contributed by atoms with van der Waals surface area (Å²) in [6.45, 7) is 1.50. The number of benzene rings is 1. The minimum Gasteiger partial charge on any atom is -0.353 e. The van der Waals surface area contributed by atoms with Crippen molar-refractivity contribution in [2.24, 2.45) is 0 Å². The zero-order chi connectivity index (χ0) is 19.7. The van der Waals surface area contributed by atoms with E-state index in [9.17, 15) is 18.0 Å². The fraction of sp³-hybridized carbons (Fsp3) is 0.222. The van der Waals surface area contributed by atoms with Crippen LogP contribution >= 0.6 is 0 Å². The molecule has 3 heterocycles. The van der Waals surface area contributed by atoms with Crippen LogP contribution < -0.4 is 4.90 Å². The number of aromatic nitrogens is 4. The van der Waals surface area contributed by atoms with E-state index in [1.807, 2.05) is 4.90 Å². The van der Waals surface area contributed by atoms with Gasteiger partial charge in [-0.3, -0.25) is 9.36 Å². The first kappa shape index (κ1) is 18.0. The van der Waals surface area contributed by atoms with Gasteiger partial charge in [0.25, 0.3) is 5.91 Å². The lowest BCUT2D eigenvalue weighted by Gasteiger charge is -2.35. The lowest BCUT2D eigenvalue weighted by atomic mass is 10.1. The van der Waals surface area contributed by atoms with Gasteiger partial charge in [0.1, 0.15) is 24.3 Å². The number of nitrogens with zero attached hydrogens (tertiary/aromatic N) is 6. The third-order valence-electron chi connectivity index (χ3n) is 4.56. The molecule has 3 aromatic rings. The highest BCUT2D eigenvalue weighted by molar-refractivity contribution is 5.94. The van der Waals surface area contributed by atoms with Gasteiger partial charge >= 0.3 is 0 Å². The predicted molar refractivity (Wildman–Crippen MR) is 93.6 cm³/mol. The van der Waals surface area contributed by atoms with Gasteiger partial charge in [-0.2, -0.15) is 0 Å². The zero-order valence-corrected chi connectivity index (χ0v) is 14.6. The van der Waals surface area contributed by atoms with Gasteiger partial charge < -0.3 is 9.80 Å². The molecule has 1 amide bonds. The van der Waals surface area contributed by atoms with Gasteiger partial charge in [0, 0.05) is 44.6 Å². The Hall–Kier alpha value is -3.43. The number of halogens is 3. The standard InChI is InChI=1S/C18H15F3N6O/c19-13-2-1-12(16(20)17(13)21)18(28)26-7-5-25(6-8-26)14-9-15(24-10-23-14)27-4-3-22-11-27/h1-4,9-11H,5-8H2. The Morgan fingerprint density at radius 2 is 1.71 bits per heavy atom. The molecule has 1 fully saturated rings. The van der Waals surface area contributed by atoms with Crippen LogP contribution in [-0.2, 0) is 0 Å². The number of hydrogen-bond acceptors (Lipinski definition) is 5. The number of carbonyl (C=O) groups excluding carboxylic acids is 1. The van der Waals surface area contributed by atoms with Crippen molar-refractivity contribution in [2.45, 2.75) is 0 Å². The molecule has 10 heteroatoms. The average Bonchev–Trinajstić information content (AvgIpc) is 3.27. The van der Waals surface area contributed by atoms with Crippen molar-refractivity contribution < 1.29 is 18.0 Å². The van der Waals surface area contributed by atoms with E-state index in [-0.39, 0.29) is 0 Å². The topological polar surface area (TPSA) is 67.2 Å². The van der Waals surface area contributed by atoms with Crippen molar-refractivity contribution in [2.75, 3.05) is 31.1 Å². The summed E-state index contributed by atoms with van der Waals surface area (Å²) in [5.41, 5.74) is -0.475. The van der Waals surface area contributed by atoms with Gasteiger partial charge in [0.05, 0.1) is 5.56 Å². The Kier molecular flexibility index (Phi) is 4.68. The van der Waals surface area contributed by atoms with Crippen LogP contribution in [0.15, 0.2) is 43.2 Å². The molecular formula is C18H15F3N6O. The number of piperazine rings is 1. The van der Waals surface area contributed by atoms with Gasteiger partial charge in [-0.1, -0.05) is 0 Å². The predicted octanol–water partition coefficient (Wildman–Crippen LogP) is 2.04. The molecule has 1 aromatic carbocycles. The van der Waals surface area contributed by atoms with Crippen molar-refractivity contribution in [1.29, 1.82) is 0 Å². The molecular weight excluding hydrogens is 373 g/mol. The smallest absolute Gasteiger partial charge is 0.257 e. The van der Waals surface area contributed by atoms with Crippen LogP contribution in [-0.4, -0.2) is 56.5 Å². The number of hydrogen-bond donors (Lipinski definition) is 0. The van der Waals surface area contributed by atoms with Crippen molar-refractivity contribution in [3.8, 4) is 5.82 Å². The zero-order valence-electron chi connectivity index (χ0n) is 14.6. The van der Waals surface area contributed by atoms with E-state index in [4.69, 9.17) is 0 Å². The minimum absolute atomic E-state index is 0.293. The van der Waals surface area contributed by atoms with Crippen LogP contribution in [0.4, 0.5) is 19.0 Å². The number of anilines is 1. The second-order valence-electron chi connectivity index (χ2n) is 6.21. The molecule has 0 aliphatic carbocycles. The highest BCUT2D eigenvalue weighted by Crippen LogP contribution is 2.20. The van der Waals surface area contributed by atoms with Crippen LogP contribution in [0.2, 0.25) is 0 Å². The molecule has 2 aromatic heterocycles. The molecule has 0 unspecified atom stereocenters. The lowest BCUT2D eigenvalue weighted by Crippen LogP contribution is -2.49. The van der Waals surface area contributed by atoms with E-state index in [2.05, 4.69) is 15.0 Å². The van der Waals surface area contributed by atoms with Crippen LogP contribution in [0.5, 0.6) is 0 Å². The van der Waals surface area contributed by atoms with Gasteiger partial charge in [-0.15, -0.1) is 0 Å². The Labute approximate surface area is 158 Å². The van der Waals surface area contributed by atoms with Crippen LogP contribution in [0.3, 0.4) is 0 Å². The summed E-state index contributed by atoms with van der Waals surface area (Å²) in [6.07, 6.45) is 6.47. The largest absolute Gasteiger partial charge is 0.353 e. The maximum absolute atomic E-state index is 13.9. The molecule has 0 saturated carbocycles. The second-order valence-corrected chi connectivity index (χ2v) is 6.21. The normalized spacial score (nSPS) is 14.4. The van der Waals surface area contributed by atoms with Crippen LogP contribution in [0, 0.1) is 17.5 Å². The summed E-state index contributed by atoms with van der Waals surface area (Å²) in [5.74, 6) is -3.76. The number of imidazole rings is 1. The molecule has 1 aliphatic heterocycles. The van der Waals surface area contributed by atoms with Crippen molar-refractivity contribution in [1.82, 2.24) is 24.4 Å². The molecule has 4 rings (SSSR count). The summed E-state index contributed by atoms with van der Waals surface area (Å²) in [4.78, 5) is 28.3. The molecule has 144 valence electrons. The Morgan fingerprint density at radius 1 is 0.964 bits per heavy atom.